The van der Waals surface area contributed by atoms with Crippen molar-refractivity contribution in [2.24, 2.45) is 19.8 Å². The summed E-state index contributed by atoms with van der Waals surface area (Å²) in [5, 5.41) is 20.6. The minimum atomic E-state index is -0.992. The molecule has 1 unspecified atom stereocenters. The van der Waals surface area contributed by atoms with Gasteiger partial charge in [-0.05, 0) is 5.56 Å². The van der Waals surface area contributed by atoms with Crippen LogP contribution in [-0.2, 0) is 14.1 Å². The van der Waals surface area contributed by atoms with Crippen molar-refractivity contribution in [2.45, 2.75) is 5.92 Å². The maximum atomic E-state index is 12.7. The van der Waals surface area contributed by atoms with Gasteiger partial charge in [-0.3, -0.25) is 24.0 Å². The molecule has 1 aliphatic heterocycles. The highest BCUT2D eigenvalue weighted by molar-refractivity contribution is 5.54. The molecule has 0 radical (unpaired) electrons. The van der Waals surface area contributed by atoms with Gasteiger partial charge in [-0.25, -0.2) is 4.79 Å². The lowest BCUT2D eigenvalue weighted by atomic mass is 9.85. The molecular formula is C16H13N5O5. The Morgan fingerprint density at radius 3 is 2.62 bits per heavy atom. The SMILES string of the molecule is Cn1c2c(c(=O)n(C)c1=O)C(c1cccc([N+](=O)[O-])c1)C(C#N)=C(N)O2. The zero-order valence-corrected chi connectivity index (χ0v) is 13.8. The van der Waals surface area contributed by atoms with Crippen LogP contribution in [0.15, 0.2) is 45.3 Å². The third-order valence-corrected chi connectivity index (χ3v) is 4.23. The van der Waals surface area contributed by atoms with Crippen molar-refractivity contribution in [3.8, 4) is 11.9 Å². The zero-order valence-electron chi connectivity index (χ0n) is 13.8. The number of aromatic nitrogens is 2. The van der Waals surface area contributed by atoms with Crippen LogP contribution in [0.4, 0.5) is 5.69 Å². The van der Waals surface area contributed by atoms with E-state index < -0.39 is 22.1 Å². The van der Waals surface area contributed by atoms with Gasteiger partial charge in [0.25, 0.3) is 11.2 Å². The van der Waals surface area contributed by atoms with Crippen molar-refractivity contribution in [3.63, 3.8) is 0 Å². The monoisotopic (exact) mass is 355 g/mol. The Labute approximate surface area is 146 Å². The number of nitrogens with zero attached hydrogens (tertiary/aromatic N) is 4. The van der Waals surface area contributed by atoms with E-state index in [4.69, 9.17) is 10.5 Å². The van der Waals surface area contributed by atoms with Gasteiger partial charge in [-0.1, -0.05) is 12.1 Å². The van der Waals surface area contributed by atoms with Crippen LogP contribution in [0.1, 0.15) is 17.0 Å². The average molecular weight is 355 g/mol. The molecule has 1 atom stereocenters. The van der Waals surface area contributed by atoms with Crippen LogP contribution in [0.3, 0.4) is 0 Å². The van der Waals surface area contributed by atoms with Crippen LogP contribution in [0, 0.1) is 21.4 Å². The van der Waals surface area contributed by atoms with Crippen LogP contribution in [0.25, 0.3) is 0 Å². The van der Waals surface area contributed by atoms with E-state index >= 15 is 0 Å². The lowest BCUT2D eigenvalue weighted by Gasteiger charge is -2.27. The van der Waals surface area contributed by atoms with E-state index in [0.29, 0.717) is 5.56 Å². The number of benzene rings is 1. The van der Waals surface area contributed by atoms with Crippen LogP contribution < -0.4 is 21.7 Å². The predicted molar refractivity (Wildman–Crippen MR) is 89.3 cm³/mol. The minimum Gasteiger partial charge on any atom is -0.423 e. The smallest absolute Gasteiger partial charge is 0.333 e. The fraction of sp³-hybridized carbons (Fsp3) is 0.188. The molecule has 1 aromatic heterocycles. The molecule has 26 heavy (non-hydrogen) atoms. The number of hydrogen-bond donors (Lipinski definition) is 1. The molecule has 1 aliphatic rings. The van der Waals surface area contributed by atoms with Gasteiger partial charge in [0.1, 0.15) is 11.6 Å². The summed E-state index contributed by atoms with van der Waals surface area (Å²) in [5.74, 6) is -1.35. The standard InChI is InChI=1S/C16H13N5O5/c1-19-14(22)12-11(8-4-3-5-9(6-8)21(24)25)10(7-17)13(18)26-15(12)20(2)16(19)23/h3-6,11H,18H2,1-2H3. The summed E-state index contributed by atoms with van der Waals surface area (Å²) in [4.78, 5) is 35.4. The maximum absolute atomic E-state index is 12.7. The molecule has 2 heterocycles. The summed E-state index contributed by atoms with van der Waals surface area (Å²) in [6.07, 6.45) is 0. The number of rotatable bonds is 2. The number of fused-ring (bicyclic) bond motifs is 1. The van der Waals surface area contributed by atoms with Crippen molar-refractivity contribution >= 4 is 5.69 Å². The fourth-order valence-electron chi connectivity index (χ4n) is 2.94. The lowest BCUT2D eigenvalue weighted by molar-refractivity contribution is -0.384. The van der Waals surface area contributed by atoms with Crippen molar-refractivity contribution in [1.82, 2.24) is 9.13 Å². The van der Waals surface area contributed by atoms with Crippen molar-refractivity contribution < 1.29 is 9.66 Å². The predicted octanol–water partition coefficient (Wildman–Crippen LogP) is 0.210. The molecule has 10 heteroatoms. The lowest BCUT2D eigenvalue weighted by Crippen LogP contribution is -2.42. The summed E-state index contributed by atoms with van der Waals surface area (Å²) < 4.78 is 7.34. The van der Waals surface area contributed by atoms with Gasteiger partial charge in [0.2, 0.25) is 11.8 Å². The fourth-order valence-corrected chi connectivity index (χ4v) is 2.94. The van der Waals surface area contributed by atoms with Gasteiger partial charge >= 0.3 is 5.69 Å². The summed E-state index contributed by atoms with van der Waals surface area (Å²) >= 11 is 0. The second kappa shape index (κ2) is 5.89. The molecule has 0 saturated heterocycles. The summed E-state index contributed by atoms with van der Waals surface area (Å²) in [7, 11) is 2.69. The molecular weight excluding hydrogens is 342 g/mol. The molecule has 0 aliphatic carbocycles. The highest BCUT2D eigenvalue weighted by Gasteiger charge is 2.36. The molecule has 2 N–H and O–H groups in total. The number of hydrogen-bond acceptors (Lipinski definition) is 7. The van der Waals surface area contributed by atoms with Gasteiger partial charge in [-0.15, -0.1) is 0 Å². The number of nitro benzene ring substituents is 1. The Morgan fingerprint density at radius 2 is 2.00 bits per heavy atom. The molecule has 132 valence electrons. The molecule has 3 rings (SSSR count). The second-order valence-electron chi connectivity index (χ2n) is 5.70. The Kier molecular flexibility index (Phi) is 3.84. The summed E-state index contributed by atoms with van der Waals surface area (Å²) in [5.41, 5.74) is 4.59. The van der Waals surface area contributed by atoms with E-state index in [-0.39, 0.29) is 28.6 Å². The Hall–Kier alpha value is -3.87. The van der Waals surface area contributed by atoms with E-state index in [1.54, 1.807) is 6.07 Å². The van der Waals surface area contributed by atoms with Crippen LogP contribution in [0.2, 0.25) is 0 Å². The van der Waals surface area contributed by atoms with Gasteiger partial charge in [0.15, 0.2) is 0 Å². The molecule has 0 saturated carbocycles. The van der Waals surface area contributed by atoms with Crippen LogP contribution >= 0.6 is 0 Å². The third-order valence-electron chi connectivity index (χ3n) is 4.23. The first kappa shape index (κ1) is 17.0. The van der Waals surface area contributed by atoms with Gasteiger partial charge < -0.3 is 10.5 Å². The molecule has 0 bridgehead atoms. The van der Waals surface area contributed by atoms with Gasteiger partial charge in [0, 0.05) is 26.2 Å². The van der Waals surface area contributed by atoms with Crippen molar-refractivity contribution in [1.29, 1.82) is 5.26 Å². The Bertz CT molecular complexity index is 1140. The molecule has 2 aromatic rings. The van der Waals surface area contributed by atoms with Crippen LogP contribution in [-0.4, -0.2) is 14.1 Å². The number of nitro groups is 1. The number of nitrogens with two attached hydrogens (primary N) is 1. The number of ether oxygens (including phenoxy) is 1. The molecule has 0 amide bonds. The first-order chi connectivity index (χ1) is 12.3. The normalized spacial score (nSPS) is 15.8. The first-order valence-corrected chi connectivity index (χ1v) is 7.39. The Morgan fingerprint density at radius 1 is 1.31 bits per heavy atom. The summed E-state index contributed by atoms with van der Waals surface area (Å²) in [6, 6.07) is 7.44. The number of allylic oxidation sites excluding steroid dienone is 1. The van der Waals surface area contributed by atoms with Crippen molar-refractivity contribution in [2.75, 3.05) is 0 Å². The highest BCUT2D eigenvalue weighted by atomic mass is 16.6. The van der Waals surface area contributed by atoms with E-state index in [1.807, 2.05) is 6.07 Å². The highest BCUT2D eigenvalue weighted by Crippen LogP contribution is 2.39. The molecule has 0 spiro atoms. The second-order valence-corrected chi connectivity index (χ2v) is 5.70. The van der Waals surface area contributed by atoms with E-state index in [0.717, 1.165) is 9.13 Å². The summed E-state index contributed by atoms with van der Waals surface area (Å²) in [6.45, 7) is 0. The Balaban J connectivity index is 2.41. The third kappa shape index (κ3) is 2.34. The average Bonchev–Trinajstić information content (AvgIpc) is 2.63. The number of non-ortho nitro benzene ring substituents is 1. The minimum absolute atomic E-state index is 0.0147. The van der Waals surface area contributed by atoms with Gasteiger partial charge in [-0.2, -0.15) is 5.26 Å². The van der Waals surface area contributed by atoms with E-state index in [1.165, 1.54) is 32.3 Å². The molecule has 10 nitrogen and oxygen atoms in total. The van der Waals surface area contributed by atoms with E-state index in [9.17, 15) is 25.0 Å². The molecule has 1 aromatic carbocycles. The van der Waals surface area contributed by atoms with Crippen LogP contribution in [0.5, 0.6) is 5.88 Å². The van der Waals surface area contributed by atoms with E-state index in [2.05, 4.69) is 0 Å². The number of nitriles is 1. The quantitative estimate of drug-likeness (QED) is 0.598. The largest absolute Gasteiger partial charge is 0.423 e. The topological polar surface area (TPSA) is 146 Å². The van der Waals surface area contributed by atoms with Crippen molar-refractivity contribution in [3.05, 3.63) is 77.8 Å². The maximum Gasteiger partial charge on any atom is 0.333 e. The first-order valence-electron chi connectivity index (χ1n) is 7.39. The molecule has 0 fully saturated rings. The van der Waals surface area contributed by atoms with Gasteiger partial charge in [0.05, 0.1) is 16.4 Å². The zero-order chi connectivity index (χ0) is 19.2.